The Balaban J connectivity index is 1.73. The Morgan fingerprint density at radius 2 is 2.09 bits per heavy atom. The molecule has 1 saturated carbocycles. The van der Waals surface area contributed by atoms with Crippen molar-refractivity contribution in [2.45, 2.75) is 50.7 Å². The predicted molar refractivity (Wildman–Crippen MR) is 111 cm³/mol. The molecule has 2 aliphatic rings. The van der Waals surface area contributed by atoms with Gasteiger partial charge in [-0.25, -0.2) is 13.2 Å². The number of aromatic hydroxyl groups is 1. The molecule has 8 nitrogen and oxygen atoms in total. The summed E-state index contributed by atoms with van der Waals surface area (Å²) in [5.41, 5.74) is -2.31. The smallest absolute Gasteiger partial charge is 0.274 e. The molecule has 12 heteroatoms. The molecule has 3 heterocycles. The second-order valence-corrected chi connectivity index (χ2v) is 8.44. The summed E-state index contributed by atoms with van der Waals surface area (Å²) in [7, 11) is 0. The molecule has 0 spiro atoms. The van der Waals surface area contributed by atoms with Gasteiger partial charge in [0.25, 0.3) is 11.8 Å². The SMILES string of the molecule is CCN1C(=O)c2c(O)c(=O)c(C(=O)NCc3nccc(Cl)c3F)cn2[C@@H]2CC(F)(F)CC[C@@H]21. The van der Waals surface area contributed by atoms with Crippen LogP contribution < -0.4 is 10.7 Å². The average Bonchev–Trinajstić information content (AvgIpc) is 2.76. The van der Waals surface area contributed by atoms with Crippen LogP contribution in [0, 0.1) is 5.82 Å². The fourth-order valence-electron chi connectivity index (χ4n) is 4.51. The molecule has 1 fully saturated rings. The van der Waals surface area contributed by atoms with E-state index in [2.05, 4.69) is 10.3 Å². The number of carbonyl (C=O) groups is 2. The van der Waals surface area contributed by atoms with Gasteiger partial charge in [-0.3, -0.25) is 19.4 Å². The Kier molecular flexibility index (Phi) is 5.85. The van der Waals surface area contributed by atoms with Crippen molar-refractivity contribution in [3.05, 3.63) is 56.5 Å². The first-order chi connectivity index (χ1) is 15.6. The number of hydrogen-bond acceptors (Lipinski definition) is 5. The zero-order chi connectivity index (χ0) is 24.1. The molecule has 33 heavy (non-hydrogen) atoms. The Labute approximate surface area is 191 Å². The average molecular weight is 485 g/mol. The van der Waals surface area contributed by atoms with Gasteiger partial charge in [0, 0.05) is 31.8 Å². The van der Waals surface area contributed by atoms with E-state index >= 15 is 0 Å². The number of carbonyl (C=O) groups excluding carboxylic acids is 2. The number of alkyl halides is 2. The summed E-state index contributed by atoms with van der Waals surface area (Å²) >= 11 is 5.69. The van der Waals surface area contributed by atoms with Gasteiger partial charge < -0.3 is 19.9 Å². The van der Waals surface area contributed by atoms with Crippen molar-refractivity contribution in [3.8, 4) is 5.75 Å². The van der Waals surface area contributed by atoms with E-state index in [1.54, 1.807) is 6.92 Å². The molecule has 176 valence electrons. The zero-order valence-electron chi connectivity index (χ0n) is 17.4. The largest absolute Gasteiger partial charge is 0.503 e. The molecular weight excluding hydrogens is 465 g/mol. The summed E-state index contributed by atoms with van der Waals surface area (Å²) in [6.45, 7) is 1.47. The number of aromatic nitrogens is 2. The van der Waals surface area contributed by atoms with Gasteiger partial charge in [0.05, 0.1) is 29.3 Å². The maximum absolute atomic E-state index is 14.2. The van der Waals surface area contributed by atoms with Gasteiger partial charge in [-0.15, -0.1) is 0 Å². The normalized spacial score (nSPS) is 21.4. The lowest BCUT2D eigenvalue weighted by Gasteiger charge is -2.47. The number of rotatable bonds is 4. The number of amides is 2. The minimum absolute atomic E-state index is 0.0326. The Hall–Kier alpha value is -3.08. The minimum Gasteiger partial charge on any atom is -0.503 e. The molecule has 2 atom stereocenters. The number of nitrogens with zero attached hydrogens (tertiary/aromatic N) is 3. The third-order valence-electron chi connectivity index (χ3n) is 6.11. The number of nitrogens with one attached hydrogen (secondary N) is 1. The highest BCUT2D eigenvalue weighted by Crippen LogP contribution is 2.45. The van der Waals surface area contributed by atoms with Crippen LogP contribution in [0.1, 0.15) is 58.8 Å². The van der Waals surface area contributed by atoms with Crippen molar-refractivity contribution in [3.63, 3.8) is 0 Å². The van der Waals surface area contributed by atoms with E-state index < -0.39 is 77.5 Å². The molecule has 0 unspecified atom stereocenters. The summed E-state index contributed by atoms with van der Waals surface area (Å²) in [4.78, 5) is 43.5. The van der Waals surface area contributed by atoms with Crippen molar-refractivity contribution in [2.75, 3.05) is 6.54 Å². The number of fused-ring (bicyclic) bond motifs is 3. The second-order valence-electron chi connectivity index (χ2n) is 8.04. The molecule has 0 aromatic carbocycles. The van der Waals surface area contributed by atoms with Gasteiger partial charge in [-0.1, -0.05) is 11.6 Å². The van der Waals surface area contributed by atoms with E-state index in [4.69, 9.17) is 11.6 Å². The second kappa shape index (κ2) is 8.36. The summed E-state index contributed by atoms with van der Waals surface area (Å²) in [5.74, 6) is -6.51. The zero-order valence-corrected chi connectivity index (χ0v) is 18.2. The topological polar surface area (TPSA) is 105 Å². The number of likely N-dealkylation sites (N-methyl/N-ethyl adjacent to an activating group) is 1. The third-order valence-corrected chi connectivity index (χ3v) is 6.40. The number of pyridine rings is 2. The highest BCUT2D eigenvalue weighted by atomic mass is 35.5. The standard InChI is InChI=1S/C21H20ClF3N4O4/c1-2-28-13-3-5-21(24,25)7-14(13)29-9-10(17(30)18(31)16(29)20(28)33)19(32)27-8-12-15(23)11(22)4-6-26-12/h4,6,9,13-14,31H,2-3,5,7-8H2,1H3,(H,27,32)/t13-,14+/m0/s1. The number of hydrogen-bond donors (Lipinski definition) is 2. The molecule has 0 bridgehead atoms. The first kappa shape index (κ1) is 23.1. The highest BCUT2D eigenvalue weighted by Gasteiger charge is 2.49. The first-order valence-corrected chi connectivity index (χ1v) is 10.7. The Morgan fingerprint density at radius 1 is 1.36 bits per heavy atom. The van der Waals surface area contributed by atoms with Gasteiger partial charge in [-0.05, 0) is 19.4 Å². The van der Waals surface area contributed by atoms with Crippen molar-refractivity contribution >= 4 is 23.4 Å². The van der Waals surface area contributed by atoms with Crippen LogP contribution in [0.3, 0.4) is 0 Å². The van der Waals surface area contributed by atoms with E-state index in [9.17, 15) is 32.7 Å². The van der Waals surface area contributed by atoms with Gasteiger partial charge >= 0.3 is 0 Å². The van der Waals surface area contributed by atoms with Crippen LogP contribution in [-0.2, 0) is 6.54 Å². The van der Waals surface area contributed by atoms with Gasteiger partial charge in [0.2, 0.25) is 11.4 Å². The van der Waals surface area contributed by atoms with Crippen molar-refractivity contribution in [1.29, 1.82) is 0 Å². The fraction of sp³-hybridized carbons (Fsp3) is 0.429. The summed E-state index contributed by atoms with van der Waals surface area (Å²) in [6.07, 6.45) is 1.27. The molecule has 4 rings (SSSR count). The van der Waals surface area contributed by atoms with E-state index in [1.807, 2.05) is 0 Å². The third kappa shape index (κ3) is 3.94. The maximum Gasteiger partial charge on any atom is 0.274 e. The van der Waals surface area contributed by atoms with Crippen molar-refractivity contribution < 1.29 is 27.9 Å². The Bertz CT molecular complexity index is 1200. The highest BCUT2D eigenvalue weighted by molar-refractivity contribution is 6.30. The Morgan fingerprint density at radius 3 is 2.79 bits per heavy atom. The molecule has 2 aromatic heterocycles. The van der Waals surface area contributed by atoms with E-state index in [0.717, 1.165) is 10.8 Å². The van der Waals surface area contributed by atoms with E-state index in [0.29, 0.717) is 0 Å². The van der Waals surface area contributed by atoms with Crippen LogP contribution in [0.2, 0.25) is 5.02 Å². The van der Waals surface area contributed by atoms with Crippen LogP contribution in [0.5, 0.6) is 5.75 Å². The molecule has 2 aromatic rings. The van der Waals surface area contributed by atoms with Crippen LogP contribution in [0.15, 0.2) is 23.3 Å². The summed E-state index contributed by atoms with van der Waals surface area (Å²) in [6, 6.07) is -0.285. The fourth-order valence-corrected chi connectivity index (χ4v) is 4.67. The molecule has 1 aliphatic heterocycles. The predicted octanol–water partition coefficient (Wildman–Crippen LogP) is 2.88. The summed E-state index contributed by atoms with van der Waals surface area (Å²) in [5, 5.41) is 12.6. The van der Waals surface area contributed by atoms with Gasteiger partial charge in [-0.2, -0.15) is 0 Å². The number of halogens is 4. The summed E-state index contributed by atoms with van der Waals surface area (Å²) < 4.78 is 43.6. The molecule has 1 aliphatic carbocycles. The lowest BCUT2D eigenvalue weighted by molar-refractivity contribution is -0.0756. The molecule has 0 radical (unpaired) electrons. The van der Waals surface area contributed by atoms with E-state index in [1.165, 1.54) is 17.2 Å². The van der Waals surface area contributed by atoms with Crippen LogP contribution in [-0.4, -0.2) is 49.9 Å². The van der Waals surface area contributed by atoms with Crippen LogP contribution in [0.4, 0.5) is 13.2 Å². The molecule has 2 N–H and O–H groups in total. The van der Waals surface area contributed by atoms with Gasteiger partial charge in [0.1, 0.15) is 5.56 Å². The quantitative estimate of drug-likeness (QED) is 0.694. The van der Waals surface area contributed by atoms with Crippen LogP contribution in [0.25, 0.3) is 0 Å². The maximum atomic E-state index is 14.2. The molecule has 0 saturated heterocycles. The molecular formula is C21H20ClF3N4O4. The lowest BCUT2D eigenvalue weighted by atomic mass is 9.84. The molecule has 2 amide bonds. The van der Waals surface area contributed by atoms with E-state index in [-0.39, 0.29) is 23.7 Å². The van der Waals surface area contributed by atoms with Gasteiger partial charge in [0.15, 0.2) is 17.3 Å². The van der Waals surface area contributed by atoms with Crippen molar-refractivity contribution in [2.24, 2.45) is 0 Å². The monoisotopic (exact) mass is 484 g/mol. The first-order valence-electron chi connectivity index (χ1n) is 10.3. The minimum atomic E-state index is -3.00. The van der Waals surface area contributed by atoms with Crippen molar-refractivity contribution in [1.82, 2.24) is 19.8 Å². The lowest BCUT2D eigenvalue weighted by Crippen LogP contribution is -2.55. The van der Waals surface area contributed by atoms with Crippen LogP contribution >= 0.6 is 11.6 Å².